The number of ether oxygens (including phenoxy) is 2. The Hall–Kier alpha value is -0.730. The highest BCUT2D eigenvalue weighted by atomic mass is 32.2. The second kappa shape index (κ2) is 6.70. The van der Waals surface area contributed by atoms with Crippen molar-refractivity contribution in [2.45, 2.75) is 18.0 Å². The van der Waals surface area contributed by atoms with Crippen LogP contribution in [0.25, 0.3) is 0 Å². The molecular weight excluding hydrogens is 223 g/mol. The van der Waals surface area contributed by atoms with Crippen LogP contribution in [0.1, 0.15) is 0 Å². The van der Waals surface area contributed by atoms with Gasteiger partial charge >= 0.3 is 0 Å². The molecule has 0 N–H and O–H groups in total. The Morgan fingerprint density at radius 2 is 2.20 bits per heavy atom. The van der Waals surface area contributed by atoms with Gasteiger partial charge in [0.05, 0.1) is 13.2 Å². The van der Waals surface area contributed by atoms with Gasteiger partial charge in [-0.2, -0.15) is 0 Å². The maximum absolute atomic E-state index is 12.0. The fourth-order valence-corrected chi connectivity index (χ4v) is 1.54. The summed E-state index contributed by atoms with van der Waals surface area (Å²) in [6, 6.07) is 0. The van der Waals surface area contributed by atoms with Gasteiger partial charge in [-0.05, 0) is 10.4 Å². The second-order valence-electron chi connectivity index (χ2n) is 2.58. The van der Waals surface area contributed by atoms with Gasteiger partial charge in [-0.1, -0.05) is 11.8 Å². The molecular formula is C7H13FN4O2S. The SMILES string of the molecule is COC(Cn1nnnc1SCCF)OC. The number of alkyl halides is 1. The van der Waals surface area contributed by atoms with Crippen molar-refractivity contribution in [3.8, 4) is 0 Å². The number of thioether (sulfide) groups is 1. The highest BCUT2D eigenvalue weighted by molar-refractivity contribution is 7.99. The van der Waals surface area contributed by atoms with Gasteiger partial charge in [0, 0.05) is 20.0 Å². The Labute approximate surface area is 91.1 Å². The van der Waals surface area contributed by atoms with Crippen LogP contribution >= 0.6 is 11.8 Å². The van der Waals surface area contributed by atoms with Gasteiger partial charge in [0.1, 0.15) is 0 Å². The molecule has 1 rings (SSSR count). The van der Waals surface area contributed by atoms with Crippen LogP contribution in [0.4, 0.5) is 4.39 Å². The van der Waals surface area contributed by atoms with E-state index in [9.17, 15) is 4.39 Å². The number of halogens is 1. The summed E-state index contributed by atoms with van der Waals surface area (Å²) in [6.07, 6.45) is -0.404. The summed E-state index contributed by atoms with van der Waals surface area (Å²) in [5.74, 6) is 0.338. The molecule has 1 heterocycles. The molecule has 0 radical (unpaired) electrons. The maximum atomic E-state index is 12.0. The predicted molar refractivity (Wildman–Crippen MR) is 52.3 cm³/mol. The highest BCUT2D eigenvalue weighted by Gasteiger charge is 2.12. The van der Waals surface area contributed by atoms with E-state index >= 15 is 0 Å². The normalized spacial score (nSPS) is 11.2. The van der Waals surface area contributed by atoms with E-state index < -0.39 is 13.0 Å². The molecule has 0 fully saturated rings. The molecule has 0 bridgehead atoms. The Bertz CT molecular complexity index is 282. The molecule has 86 valence electrons. The van der Waals surface area contributed by atoms with Crippen LogP contribution in [0.15, 0.2) is 5.16 Å². The van der Waals surface area contributed by atoms with E-state index in [1.165, 1.54) is 30.7 Å². The number of hydrogen-bond acceptors (Lipinski definition) is 6. The zero-order valence-corrected chi connectivity index (χ0v) is 9.41. The van der Waals surface area contributed by atoms with Crippen LogP contribution in [0, 0.1) is 0 Å². The molecule has 0 spiro atoms. The lowest BCUT2D eigenvalue weighted by atomic mass is 10.6. The smallest absolute Gasteiger partial charge is 0.209 e. The van der Waals surface area contributed by atoms with E-state index in [0.717, 1.165) is 0 Å². The molecule has 6 nitrogen and oxygen atoms in total. The van der Waals surface area contributed by atoms with Crippen LogP contribution < -0.4 is 0 Å². The first-order valence-electron chi connectivity index (χ1n) is 4.32. The van der Waals surface area contributed by atoms with E-state index in [4.69, 9.17) is 9.47 Å². The van der Waals surface area contributed by atoms with Gasteiger partial charge in [-0.25, -0.2) is 4.68 Å². The number of aromatic nitrogens is 4. The van der Waals surface area contributed by atoms with Gasteiger partial charge in [-0.3, -0.25) is 4.39 Å². The summed E-state index contributed by atoms with van der Waals surface area (Å²) in [4.78, 5) is 0. The van der Waals surface area contributed by atoms with Crippen molar-refractivity contribution in [1.29, 1.82) is 0 Å². The molecule has 8 heteroatoms. The number of methoxy groups -OCH3 is 2. The highest BCUT2D eigenvalue weighted by Crippen LogP contribution is 2.13. The molecule has 1 aromatic heterocycles. The lowest BCUT2D eigenvalue weighted by Gasteiger charge is -2.13. The Balaban J connectivity index is 2.55. The standard InChI is InChI=1S/C7H13FN4O2S/c1-13-6(14-2)5-12-7(9-10-11-12)15-4-3-8/h6H,3-5H2,1-2H3. The molecule has 0 aliphatic heterocycles. The van der Waals surface area contributed by atoms with Crippen molar-refractivity contribution in [3.05, 3.63) is 0 Å². The maximum Gasteiger partial charge on any atom is 0.209 e. The zero-order valence-electron chi connectivity index (χ0n) is 8.59. The lowest BCUT2D eigenvalue weighted by molar-refractivity contribution is -0.113. The average molecular weight is 236 g/mol. The van der Waals surface area contributed by atoms with E-state index in [0.29, 0.717) is 17.5 Å². The van der Waals surface area contributed by atoms with Crippen LogP contribution in [0.3, 0.4) is 0 Å². The Kier molecular flexibility index (Phi) is 5.51. The second-order valence-corrected chi connectivity index (χ2v) is 3.64. The summed E-state index contributed by atoms with van der Waals surface area (Å²) in [5.41, 5.74) is 0. The largest absolute Gasteiger partial charge is 0.354 e. The van der Waals surface area contributed by atoms with E-state index in [-0.39, 0.29) is 0 Å². The molecule has 0 atom stereocenters. The summed E-state index contributed by atoms with van der Waals surface area (Å²) in [7, 11) is 3.07. The minimum Gasteiger partial charge on any atom is -0.354 e. The molecule has 0 amide bonds. The van der Waals surface area contributed by atoms with Gasteiger partial charge in [0.15, 0.2) is 6.29 Å². The third-order valence-corrected chi connectivity index (χ3v) is 2.56. The fraction of sp³-hybridized carbons (Fsp3) is 0.857. The van der Waals surface area contributed by atoms with Crippen LogP contribution in [0.2, 0.25) is 0 Å². The van der Waals surface area contributed by atoms with E-state index in [2.05, 4.69) is 15.5 Å². The molecule has 0 aliphatic rings. The number of rotatable bonds is 7. The average Bonchev–Trinajstić information content (AvgIpc) is 2.70. The van der Waals surface area contributed by atoms with Crippen LogP contribution in [-0.2, 0) is 16.0 Å². The van der Waals surface area contributed by atoms with Crippen molar-refractivity contribution in [3.63, 3.8) is 0 Å². The Morgan fingerprint density at radius 1 is 1.47 bits per heavy atom. The molecule has 15 heavy (non-hydrogen) atoms. The molecule has 0 saturated heterocycles. The topological polar surface area (TPSA) is 62.1 Å². The van der Waals surface area contributed by atoms with Gasteiger partial charge in [0.2, 0.25) is 5.16 Å². The van der Waals surface area contributed by atoms with Crippen molar-refractivity contribution in [2.24, 2.45) is 0 Å². The first-order valence-corrected chi connectivity index (χ1v) is 5.31. The number of hydrogen-bond donors (Lipinski definition) is 0. The number of tetrazole rings is 1. The molecule has 0 aromatic carbocycles. The monoisotopic (exact) mass is 236 g/mol. The quantitative estimate of drug-likeness (QED) is 0.503. The van der Waals surface area contributed by atoms with Crippen LogP contribution in [-0.4, -0.2) is 53.1 Å². The minimum absolute atomic E-state index is 0.338. The van der Waals surface area contributed by atoms with E-state index in [1.54, 1.807) is 0 Å². The lowest BCUT2D eigenvalue weighted by Crippen LogP contribution is -2.22. The summed E-state index contributed by atoms with van der Waals surface area (Å²) in [6.45, 7) is -0.0237. The predicted octanol–water partition coefficient (Wildman–Crippen LogP) is 0.354. The fourth-order valence-electron chi connectivity index (χ4n) is 0.931. The third kappa shape index (κ3) is 3.73. The van der Waals surface area contributed by atoms with Gasteiger partial charge in [0.25, 0.3) is 0 Å². The number of nitrogens with zero attached hydrogens (tertiary/aromatic N) is 4. The van der Waals surface area contributed by atoms with Crippen molar-refractivity contribution in [1.82, 2.24) is 20.2 Å². The van der Waals surface area contributed by atoms with Crippen molar-refractivity contribution in [2.75, 3.05) is 26.6 Å². The minimum atomic E-state index is -0.407. The molecule has 0 aliphatic carbocycles. The summed E-state index contributed by atoms with van der Waals surface area (Å²) < 4.78 is 23.5. The van der Waals surface area contributed by atoms with Crippen molar-refractivity contribution >= 4 is 11.8 Å². The summed E-state index contributed by atoms with van der Waals surface area (Å²) >= 11 is 1.26. The molecule has 0 saturated carbocycles. The van der Waals surface area contributed by atoms with Gasteiger partial charge < -0.3 is 9.47 Å². The van der Waals surface area contributed by atoms with Crippen LogP contribution in [0.5, 0.6) is 0 Å². The third-order valence-electron chi connectivity index (χ3n) is 1.66. The first kappa shape index (κ1) is 12.3. The van der Waals surface area contributed by atoms with Crippen molar-refractivity contribution < 1.29 is 13.9 Å². The molecule has 0 unspecified atom stereocenters. The Morgan fingerprint density at radius 3 is 2.80 bits per heavy atom. The van der Waals surface area contributed by atoms with E-state index in [1.807, 2.05) is 0 Å². The first-order chi connectivity index (χ1) is 7.31. The zero-order chi connectivity index (χ0) is 11.1. The summed E-state index contributed by atoms with van der Waals surface area (Å²) in [5, 5.41) is 11.6. The van der Waals surface area contributed by atoms with Gasteiger partial charge in [-0.15, -0.1) is 5.10 Å². The molecule has 1 aromatic rings.